The highest BCUT2D eigenvalue weighted by Gasteiger charge is 2.38. The number of hydrogen-bond donors (Lipinski definition) is 1. The molecule has 1 aliphatic heterocycles. The van der Waals surface area contributed by atoms with Crippen LogP contribution in [-0.2, 0) is 9.59 Å². The van der Waals surface area contributed by atoms with Gasteiger partial charge in [-0.25, -0.2) is 0 Å². The van der Waals surface area contributed by atoms with Gasteiger partial charge in [-0.1, -0.05) is 32.1 Å². The number of amides is 1. The van der Waals surface area contributed by atoms with E-state index < -0.39 is 11.9 Å². The first-order valence-corrected chi connectivity index (χ1v) is 9.42. The number of aliphatic carboxylic acids is 1. The summed E-state index contributed by atoms with van der Waals surface area (Å²) in [6.45, 7) is 3.47. The first kappa shape index (κ1) is 16.7. The van der Waals surface area contributed by atoms with Gasteiger partial charge in [0, 0.05) is 32.2 Å². The molecule has 3 rings (SSSR count). The van der Waals surface area contributed by atoms with E-state index in [9.17, 15) is 14.7 Å². The van der Waals surface area contributed by atoms with Crippen LogP contribution in [0.2, 0.25) is 0 Å². The quantitative estimate of drug-likeness (QED) is 0.866. The zero-order valence-electron chi connectivity index (χ0n) is 14.1. The predicted octanol–water partition coefficient (Wildman–Crippen LogP) is 2.35. The van der Waals surface area contributed by atoms with Crippen LogP contribution in [0.4, 0.5) is 0 Å². The summed E-state index contributed by atoms with van der Waals surface area (Å²) in [5.41, 5.74) is 0. The summed E-state index contributed by atoms with van der Waals surface area (Å²) in [5, 5.41) is 9.39. The maximum atomic E-state index is 12.8. The second-order valence-corrected chi connectivity index (χ2v) is 7.49. The summed E-state index contributed by atoms with van der Waals surface area (Å²) < 4.78 is 0. The first-order chi connectivity index (χ1) is 11.2. The molecule has 0 spiro atoms. The Morgan fingerprint density at radius 2 is 1.30 bits per heavy atom. The van der Waals surface area contributed by atoms with Gasteiger partial charge >= 0.3 is 5.97 Å². The van der Waals surface area contributed by atoms with Crippen LogP contribution in [0.1, 0.15) is 57.8 Å². The maximum absolute atomic E-state index is 12.8. The summed E-state index contributed by atoms with van der Waals surface area (Å²) in [6, 6.07) is 0.711. The topological polar surface area (TPSA) is 60.9 Å². The van der Waals surface area contributed by atoms with E-state index in [0.29, 0.717) is 12.5 Å². The summed E-state index contributed by atoms with van der Waals surface area (Å²) in [5.74, 6) is -1.45. The monoisotopic (exact) mass is 322 g/mol. The highest BCUT2D eigenvalue weighted by atomic mass is 16.4. The van der Waals surface area contributed by atoms with Crippen LogP contribution < -0.4 is 0 Å². The van der Waals surface area contributed by atoms with Crippen molar-refractivity contribution in [2.45, 2.75) is 63.8 Å². The van der Waals surface area contributed by atoms with Gasteiger partial charge in [0.2, 0.25) is 5.91 Å². The van der Waals surface area contributed by atoms with Crippen LogP contribution in [-0.4, -0.2) is 59.0 Å². The van der Waals surface area contributed by atoms with Crippen molar-refractivity contribution in [3.63, 3.8) is 0 Å². The van der Waals surface area contributed by atoms with E-state index in [1.165, 1.54) is 32.1 Å². The van der Waals surface area contributed by atoms with E-state index in [1.54, 1.807) is 0 Å². The Kier molecular flexibility index (Phi) is 5.57. The van der Waals surface area contributed by atoms with Crippen molar-refractivity contribution in [1.29, 1.82) is 0 Å². The van der Waals surface area contributed by atoms with Gasteiger partial charge in [-0.15, -0.1) is 0 Å². The molecule has 2 atom stereocenters. The van der Waals surface area contributed by atoms with Crippen molar-refractivity contribution in [1.82, 2.24) is 9.80 Å². The van der Waals surface area contributed by atoms with E-state index >= 15 is 0 Å². The fraction of sp³-hybridized carbons (Fsp3) is 0.889. The molecule has 130 valence electrons. The smallest absolute Gasteiger partial charge is 0.307 e. The minimum absolute atomic E-state index is 0.0976. The minimum Gasteiger partial charge on any atom is -0.481 e. The fourth-order valence-corrected chi connectivity index (χ4v) is 4.71. The number of carboxylic acids is 1. The van der Waals surface area contributed by atoms with Gasteiger partial charge in [0.25, 0.3) is 0 Å². The molecule has 0 aromatic carbocycles. The molecule has 0 aromatic rings. The average molecular weight is 322 g/mol. The van der Waals surface area contributed by atoms with Crippen LogP contribution in [0.3, 0.4) is 0 Å². The molecular formula is C18H30N2O3. The first-order valence-electron chi connectivity index (χ1n) is 9.42. The summed E-state index contributed by atoms with van der Waals surface area (Å²) in [7, 11) is 0. The lowest BCUT2D eigenvalue weighted by Crippen LogP contribution is -2.54. The predicted molar refractivity (Wildman–Crippen MR) is 88.1 cm³/mol. The number of carboxylic acid groups (broad SMARTS) is 1. The molecule has 0 bridgehead atoms. The SMILES string of the molecule is O=C(O)[C@@H]1CCCC[C@H]1C(=O)N1CCN(C2CCCCC2)CC1. The van der Waals surface area contributed by atoms with E-state index in [4.69, 9.17) is 0 Å². The molecule has 1 amide bonds. The molecule has 5 heteroatoms. The third kappa shape index (κ3) is 3.87. The molecule has 2 saturated carbocycles. The molecule has 0 unspecified atom stereocenters. The summed E-state index contributed by atoms with van der Waals surface area (Å²) in [6.07, 6.45) is 9.99. The van der Waals surface area contributed by atoms with Crippen LogP contribution in [0.25, 0.3) is 0 Å². The molecule has 1 saturated heterocycles. The molecule has 0 aromatic heterocycles. The Morgan fingerprint density at radius 1 is 0.739 bits per heavy atom. The molecule has 2 aliphatic carbocycles. The molecule has 3 fully saturated rings. The zero-order valence-corrected chi connectivity index (χ0v) is 14.1. The molecule has 5 nitrogen and oxygen atoms in total. The molecule has 3 aliphatic rings. The number of carbonyl (C=O) groups excluding carboxylic acids is 1. The van der Waals surface area contributed by atoms with E-state index in [-0.39, 0.29) is 11.8 Å². The molecule has 23 heavy (non-hydrogen) atoms. The number of nitrogens with zero attached hydrogens (tertiary/aromatic N) is 2. The van der Waals surface area contributed by atoms with Crippen molar-refractivity contribution >= 4 is 11.9 Å². The number of rotatable bonds is 3. The van der Waals surface area contributed by atoms with Crippen LogP contribution in [0, 0.1) is 11.8 Å². The highest BCUT2D eigenvalue weighted by Crippen LogP contribution is 2.32. The largest absolute Gasteiger partial charge is 0.481 e. The second-order valence-electron chi connectivity index (χ2n) is 7.49. The van der Waals surface area contributed by atoms with E-state index in [1.807, 2.05) is 4.90 Å². The van der Waals surface area contributed by atoms with Gasteiger partial charge in [0.15, 0.2) is 0 Å². The lowest BCUT2D eigenvalue weighted by molar-refractivity contribution is -0.153. The number of piperazine rings is 1. The van der Waals surface area contributed by atoms with Crippen LogP contribution in [0.5, 0.6) is 0 Å². The van der Waals surface area contributed by atoms with Gasteiger partial charge in [-0.3, -0.25) is 14.5 Å². The number of hydrogen-bond acceptors (Lipinski definition) is 3. The number of carbonyl (C=O) groups is 2. The van der Waals surface area contributed by atoms with Crippen LogP contribution >= 0.6 is 0 Å². The van der Waals surface area contributed by atoms with Gasteiger partial charge in [0.05, 0.1) is 11.8 Å². The Morgan fingerprint density at radius 3 is 1.91 bits per heavy atom. The van der Waals surface area contributed by atoms with E-state index in [2.05, 4.69) is 4.90 Å². The van der Waals surface area contributed by atoms with Crippen molar-refractivity contribution in [2.75, 3.05) is 26.2 Å². The molecular weight excluding hydrogens is 292 g/mol. The lowest BCUT2D eigenvalue weighted by atomic mass is 9.78. The zero-order chi connectivity index (χ0) is 16.2. The average Bonchev–Trinajstić information content (AvgIpc) is 2.62. The van der Waals surface area contributed by atoms with Crippen LogP contribution in [0.15, 0.2) is 0 Å². The Balaban J connectivity index is 1.54. The third-order valence-electron chi connectivity index (χ3n) is 6.12. The maximum Gasteiger partial charge on any atom is 0.307 e. The highest BCUT2D eigenvalue weighted by molar-refractivity contribution is 5.85. The van der Waals surface area contributed by atoms with Gasteiger partial charge < -0.3 is 10.0 Å². The molecule has 1 heterocycles. The van der Waals surface area contributed by atoms with Crippen molar-refractivity contribution in [2.24, 2.45) is 11.8 Å². The third-order valence-corrected chi connectivity index (χ3v) is 6.12. The van der Waals surface area contributed by atoms with Crippen molar-refractivity contribution < 1.29 is 14.7 Å². The van der Waals surface area contributed by atoms with Gasteiger partial charge in [-0.05, 0) is 25.7 Å². The standard InChI is InChI=1S/C18H30N2O3/c21-17(15-8-4-5-9-16(15)18(22)23)20-12-10-19(11-13-20)14-6-2-1-3-7-14/h14-16H,1-13H2,(H,22,23)/t15-,16-/m1/s1. The van der Waals surface area contributed by atoms with E-state index in [0.717, 1.165) is 45.4 Å². The van der Waals surface area contributed by atoms with Crippen molar-refractivity contribution in [3.8, 4) is 0 Å². The summed E-state index contributed by atoms with van der Waals surface area (Å²) in [4.78, 5) is 28.7. The van der Waals surface area contributed by atoms with Gasteiger partial charge in [-0.2, -0.15) is 0 Å². The Labute approximate surface area is 139 Å². The minimum atomic E-state index is -0.788. The van der Waals surface area contributed by atoms with Gasteiger partial charge in [0.1, 0.15) is 0 Å². The Hall–Kier alpha value is -1.10. The molecule has 1 N–H and O–H groups in total. The molecule has 0 radical (unpaired) electrons. The normalized spacial score (nSPS) is 31.0. The Bertz CT molecular complexity index is 426. The fourth-order valence-electron chi connectivity index (χ4n) is 4.71. The summed E-state index contributed by atoms with van der Waals surface area (Å²) >= 11 is 0. The van der Waals surface area contributed by atoms with Crippen molar-refractivity contribution in [3.05, 3.63) is 0 Å². The lowest BCUT2D eigenvalue weighted by Gasteiger charge is -2.42. The second kappa shape index (κ2) is 7.65.